The zero-order valence-corrected chi connectivity index (χ0v) is 20.3. The summed E-state index contributed by atoms with van der Waals surface area (Å²) in [4.78, 5) is 27.8. The Bertz CT molecular complexity index is 1580. The summed E-state index contributed by atoms with van der Waals surface area (Å²) >= 11 is 0. The summed E-state index contributed by atoms with van der Waals surface area (Å²) in [7, 11) is 3.41. The molecule has 5 aromatic rings. The largest absolute Gasteiger partial charge is 0.494 e. The zero-order valence-electron chi connectivity index (χ0n) is 20.3. The average molecular weight is 494 g/mol. The van der Waals surface area contributed by atoms with Crippen molar-refractivity contribution >= 4 is 39.7 Å². The van der Waals surface area contributed by atoms with Crippen molar-refractivity contribution in [1.82, 2.24) is 9.97 Å². The quantitative estimate of drug-likeness (QED) is 0.283. The number of aromatic hydroxyl groups is 1. The Balaban J connectivity index is 1.50. The summed E-state index contributed by atoms with van der Waals surface area (Å²) in [5.74, 6) is -0.494. The number of rotatable bonds is 5. The van der Waals surface area contributed by atoms with Crippen LogP contribution in [0.1, 0.15) is 11.1 Å². The van der Waals surface area contributed by atoms with Gasteiger partial charge in [-0.2, -0.15) is 0 Å². The van der Waals surface area contributed by atoms with Crippen molar-refractivity contribution in [2.45, 2.75) is 0 Å². The number of pyridine rings is 1. The van der Waals surface area contributed by atoms with Crippen LogP contribution in [-0.4, -0.2) is 40.9 Å². The number of aromatic nitrogens is 2. The van der Waals surface area contributed by atoms with Crippen LogP contribution in [0, 0.1) is 5.82 Å². The summed E-state index contributed by atoms with van der Waals surface area (Å²) in [6, 6.07) is 24.3. The fourth-order valence-electron chi connectivity index (χ4n) is 4.15. The molecule has 2 amide bonds. The zero-order chi connectivity index (χ0) is 25.9. The number of amides is 2. The lowest BCUT2D eigenvalue weighted by Crippen LogP contribution is -2.38. The fourth-order valence-corrected chi connectivity index (χ4v) is 4.15. The third-order valence-electron chi connectivity index (χ3n) is 6.13. The van der Waals surface area contributed by atoms with Gasteiger partial charge in [0.2, 0.25) is 0 Å². The number of H-pyrrole nitrogens is 1. The number of urea groups is 1. The van der Waals surface area contributed by atoms with Crippen LogP contribution in [0.4, 0.5) is 26.2 Å². The van der Waals surface area contributed by atoms with Crippen LogP contribution in [0.25, 0.3) is 10.9 Å². The van der Waals surface area contributed by atoms with Crippen LogP contribution in [0.2, 0.25) is 0 Å². The molecule has 3 aromatic carbocycles. The minimum atomic E-state index is -0.401. The lowest BCUT2D eigenvalue weighted by Gasteiger charge is -2.25. The maximum Gasteiger partial charge on any atom is 0.328 e. The number of nitrogens with zero attached hydrogens (tertiary/aromatic N) is 4. The molecule has 5 rings (SSSR count). The van der Waals surface area contributed by atoms with Crippen molar-refractivity contribution in [1.29, 1.82) is 0 Å². The van der Waals surface area contributed by atoms with E-state index in [1.165, 1.54) is 12.1 Å². The number of benzene rings is 3. The molecule has 2 aromatic heterocycles. The first kappa shape index (κ1) is 23.7. The van der Waals surface area contributed by atoms with E-state index in [-0.39, 0.29) is 11.9 Å². The molecule has 37 heavy (non-hydrogen) atoms. The lowest BCUT2D eigenvalue weighted by atomic mass is 10.0. The summed E-state index contributed by atoms with van der Waals surface area (Å²) in [5, 5.41) is 11.4. The molecule has 2 N–H and O–H groups in total. The second-order valence-electron chi connectivity index (χ2n) is 8.49. The Labute approximate surface area is 213 Å². The first-order valence-corrected chi connectivity index (χ1v) is 11.6. The van der Waals surface area contributed by atoms with Crippen molar-refractivity contribution in [2.24, 2.45) is 4.99 Å². The molecule has 0 atom stereocenters. The smallest absolute Gasteiger partial charge is 0.328 e. The number of anilines is 2. The molecule has 8 heteroatoms. The van der Waals surface area contributed by atoms with E-state index in [1.807, 2.05) is 42.5 Å². The summed E-state index contributed by atoms with van der Waals surface area (Å²) in [6.45, 7) is 0. The highest BCUT2D eigenvalue weighted by Gasteiger charge is 2.20. The molecule has 0 aliphatic heterocycles. The number of aromatic amines is 1. The molecule has 0 aliphatic rings. The first-order chi connectivity index (χ1) is 17.9. The standard InChI is InChI=1S/C29H24FN5O2/c1-34(29(37)35(2)23-14-16-31-17-15-23)22-11-9-21(10-12-22)32-27(19-6-4-3-5-7-19)26-24-13-8-20(30)18-25(24)33-28(26)36/h3-18,33,36H,1-2H3. The maximum atomic E-state index is 13.8. The van der Waals surface area contributed by atoms with Crippen molar-refractivity contribution in [2.75, 3.05) is 23.9 Å². The molecule has 0 saturated heterocycles. The predicted octanol–water partition coefficient (Wildman–Crippen LogP) is 6.27. The minimum absolute atomic E-state index is 0.0932. The molecule has 0 radical (unpaired) electrons. The van der Waals surface area contributed by atoms with Gasteiger partial charge in [0.25, 0.3) is 0 Å². The molecule has 0 saturated carbocycles. The van der Waals surface area contributed by atoms with E-state index >= 15 is 0 Å². The van der Waals surface area contributed by atoms with Crippen LogP contribution in [0.5, 0.6) is 5.88 Å². The highest BCUT2D eigenvalue weighted by atomic mass is 19.1. The average Bonchev–Trinajstić information content (AvgIpc) is 3.26. The van der Waals surface area contributed by atoms with E-state index in [0.717, 1.165) is 11.3 Å². The van der Waals surface area contributed by atoms with Crippen molar-refractivity contribution in [3.05, 3.63) is 114 Å². The van der Waals surface area contributed by atoms with Gasteiger partial charge in [0.15, 0.2) is 5.88 Å². The Morgan fingerprint density at radius 1 is 0.892 bits per heavy atom. The van der Waals surface area contributed by atoms with E-state index in [2.05, 4.69) is 9.97 Å². The van der Waals surface area contributed by atoms with Crippen LogP contribution in [0.15, 0.2) is 102 Å². The topological polar surface area (TPSA) is 84.8 Å². The van der Waals surface area contributed by atoms with Gasteiger partial charge in [-0.3, -0.25) is 14.8 Å². The molecule has 0 unspecified atom stereocenters. The molecular weight excluding hydrogens is 469 g/mol. The number of halogens is 1. The molecule has 0 fully saturated rings. The van der Waals surface area contributed by atoms with Gasteiger partial charge >= 0.3 is 6.03 Å². The Hall–Kier alpha value is -4.98. The third kappa shape index (κ3) is 4.77. The number of aliphatic imine (C=N–C) groups is 1. The van der Waals surface area contributed by atoms with Gasteiger partial charge in [-0.25, -0.2) is 14.2 Å². The molecule has 184 valence electrons. The van der Waals surface area contributed by atoms with Crippen molar-refractivity contribution < 1.29 is 14.3 Å². The normalized spacial score (nSPS) is 11.5. The van der Waals surface area contributed by atoms with E-state index in [1.54, 1.807) is 66.6 Å². The van der Waals surface area contributed by atoms with Gasteiger partial charge in [-0.05, 0) is 54.6 Å². The summed E-state index contributed by atoms with van der Waals surface area (Å²) in [5.41, 5.74) is 4.34. The third-order valence-corrected chi connectivity index (χ3v) is 6.13. The van der Waals surface area contributed by atoms with E-state index in [0.29, 0.717) is 33.6 Å². The lowest BCUT2D eigenvalue weighted by molar-refractivity contribution is 0.253. The summed E-state index contributed by atoms with van der Waals surface area (Å²) in [6.07, 6.45) is 3.27. The molecule has 2 heterocycles. The number of carbonyl (C=O) groups is 1. The summed E-state index contributed by atoms with van der Waals surface area (Å²) < 4.78 is 13.8. The van der Waals surface area contributed by atoms with Crippen LogP contribution >= 0.6 is 0 Å². The van der Waals surface area contributed by atoms with Crippen LogP contribution in [-0.2, 0) is 0 Å². The van der Waals surface area contributed by atoms with Gasteiger partial charge < -0.3 is 10.1 Å². The molecule has 0 bridgehead atoms. The maximum absolute atomic E-state index is 13.8. The predicted molar refractivity (Wildman–Crippen MR) is 145 cm³/mol. The first-order valence-electron chi connectivity index (χ1n) is 11.6. The van der Waals surface area contributed by atoms with E-state index < -0.39 is 5.82 Å². The number of carbonyl (C=O) groups excluding carboxylic acids is 1. The van der Waals surface area contributed by atoms with Crippen LogP contribution in [0.3, 0.4) is 0 Å². The number of fused-ring (bicyclic) bond motifs is 1. The Morgan fingerprint density at radius 3 is 2.22 bits per heavy atom. The second kappa shape index (κ2) is 9.94. The number of nitrogens with one attached hydrogen (secondary N) is 1. The Kier molecular flexibility index (Phi) is 6.38. The van der Waals surface area contributed by atoms with Crippen LogP contribution < -0.4 is 9.80 Å². The second-order valence-corrected chi connectivity index (χ2v) is 8.49. The van der Waals surface area contributed by atoms with Gasteiger partial charge in [0.1, 0.15) is 5.82 Å². The van der Waals surface area contributed by atoms with Gasteiger partial charge in [0.05, 0.1) is 22.5 Å². The van der Waals surface area contributed by atoms with Gasteiger partial charge in [-0.1, -0.05) is 30.3 Å². The van der Waals surface area contributed by atoms with Crippen molar-refractivity contribution in [3.8, 4) is 5.88 Å². The highest BCUT2D eigenvalue weighted by Crippen LogP contribution is 2.32. The van der Waals surface area contributed by atoms with E-state index in [4.69, 9.17) is 4.99 Å². The van der Waals surface area contributed by atoms with Gasteiger partial charge in [-0.15, -0.1) is 0 Å². The monoisotopic (exact) mass is 493 g/mol. The number of hydrogen-bond acceptors (Lipinski definition) is 4. The molecule has 0 spiro atoms. The number of hydrogen-bond donors (Lipinski definition) is 2. The molecular formula is C29H24FN5O2. The van der Waals surface area contributed by atoms with Crippen molar-refractivity contribution in [3.63, 3.8) is 0 Å². The molecule has 0 aliphatic carbocycles. The molecule has 7 nitrogen and oxygen atoms in total. The SMILES string of the molecule is CN(C(=O)N(C)c1ccc(N=C(c2ccccc2)c2c(O)[nH]c3cc(F)ccc23)cc1)c1ccncc1. The van der Waals surface area contributed by atoms with E-state index in [9.17, 15) is 14.3 Å². The Morgan fingerprint density at radius 2 is 1.54 bits per heavy atom. The van der Waals surface area contributed by atoms with Gasteiger partial charge in [0, 0.05) is 48.8 Å². The minimum Gasteiger partial charge on any atom is -0.494 e. The highest BCUT2D eigenvalue weighted by molar-refractivity contribution is 6.21. The fraction of sp³-hybridized carbons (Fsp3) is 0.0690.